The molecule has 8 heteroatoms. The molecule has 8 nitrogen and oxygen atoms in total. The minimum absolute atomic E-state index is 0.0419. The molecule has 0 aliphatic rings. The summed E-state index contributed by atoms with van der Waals surface area (Å²) in [5.74, 6) is -0.0954. The molecular formula is C18H17N5O3. The van der Waals surface area contributed by atoms with Gasteiger partial charge in [-0.1, -0.05) is 6.07 Å². The highest BCUT2D eigenvalue weighted by Crippen LogP contribution is 2.18. The van der Waals surface area contributed by atoms with Crippen LogP contribution in [-0.4, -0.2) is 49.4 Å². The Hall–Kier alpha value is -3.26. The second kappa shape index (κ2) is 6.57. The van der Waals surface area contributed by atoms with E-state index in [-0.39, 0.29) is 12.5 Å². The van der Waals surface area contributed by atoms with Gasteiger partial charge in [-0.15, -0.1) is 0 Å². The van der Waals surface area contributed by atoms with E-state index in [1.165, 1.54) is 0 Å². The van der Waals surface area contributed by atoms with Crippen LogP contribution in [0, 0.1) is 0 Å². The summed E-state index contributed by atoms with van der Waals surface area (Å²) in [5, 5.41) is 16.7. The van der Waals surface area contributed by atoms with Crippen molar-refractivity contribution < 1.29 is 14.5 Å². The van der Waals surface area contributed by atoms with Crippen LogP contribution in [0.3, 0.4) is 0 Å². The number of imidazole rings is 1. The van der Waals surface area contributed by atoms with Gasteiger partial charge in [0.2, 0.25) is 0 Å². The quantitative estimate of drug-likeness (QED) is 0.589. The second-order valence-electron chi connectivity index (χ2n) is 6.11. The van der Waals surface area contributed by atoms with Crippen LogP contribution < -0.4 is 0 Å². The van der Waals surface area contributed by atoms with Gasteiger partial charge in [-0.25, -0.2) is 9.61 Å². The summed E-state index contributed by atoms with van der Waals surface area (Å²) < 4.78 is 6.55. The van der Waals surface area contributed by atoms with Crippen molar-refractivity contribution in [2.45, 2.75) is 13.1 Å². The molecule has 0 aliphatic heterocycles. The first-order valence-corrected chi connectivity index (χ1v) is 8.18. The fourth-order valence-corrected chi connectivity index (χ4v) is 2.97. The van der Waals surface area contributed by atoms with Crippen molar-refractivity contribution in [3.8, 4) is 0 Å². The topological polar surface area (TPSA) is 97.3 Å². The first-order valence-electron chi connectivity index (χ1n) is 8.18. The van der Waals surface area contributed by atoms with Gasteiger partial charge in [0.05, 0.1) is 24.0 Å². The van der Waals surface area contributed by atoms with Crippen molar-refractivity contribution >= 4 is 28.0 Å². The summed E-state index contributed by atoms with van der Waals surface area (Å²) in [6.07, 6.45) is 1.67. The number of hydrogen-bond donors (Lipinski definition) is 1. The number of amides is 1. The van der Waals surface area contributed by atoms with Gasteiger partial charge in [0, 0.05) is 25.7 Å². The molecular weight excluding hydrogens is 334 g/mol. The van der Waals surface area contributed by atoms with Gasteiger partial charge in [0.1, 0.15) is 11.0 Å². The Bertz CT molecular complexity index is 1080. The Labute approximate surface area is 148 Å². The number of fused-ring (bicyclic) bond motifs is 2. The Kier molecular flexibility index (Phi) is 4.10. The predicted octanol–water partition coefficient (Wildman–Crippen LogP) is 1.84. The summed E-state index contributed by atoms with van der Waals surface area (Å²) >= 11 is 0. The lowest BCUT2D eigenvalue weighted by atomic mass is 10.1. The summed E-state index contributed by atoms with van der Waals surface area (Å²) in [6.45, 7) is 0.960. The van der Waals surface area contributed by atoms with Crippen molar-refractivity contribution in [3.63, 3.8) is 0 Å². The lowest BCUT2D eigenvalue weighted by Crippen LogP contribution is -2.26. The molecule has 0 saturated carbocycles. The average molecular weight is 351 g/mol. The molecule has 132 valence electrons. The van der Waals surface area contributed by atoms with Crippen molar-refractivity contribution in [3.05, 3.63) is 53.9 Å². The maximum atomic E-state index is 12.7. The fraction of sp³-hybridized carbons (Fsp3) is 0.222. The third-order valence-electron chi connectivity index (χ3n) is 4.29. The van der Waals surface area contributed by atoms with Crippen LogP contribution in [0.2, 0.25) is 0 Å². The minimum Gasteiger partial charge on any atom is -0.395 e. The van der Waals surface area contributed by atoms with Crippen LogP contribution in [-0.2, 0) is 13.1 Å². The van der Waals surface area contributed by atoms with Crippen LogP contribution in [0.4, 0.5) is 0 Å². The predicted molar refractivity (Wildman–Crippen MR) is 94.4 cm³/mol. The molecule has 1 N–H and O–H groups in total. The molecule has 0 spiro atoms. The van der Waals surface area contributed by atoms with Crippen molar-refractivity contribution in [2.75, 3.05) is 13.7 Å². The highest BCUT2D eigenvalue weighted by Gasteiger charge is 2.14. The van der Waals surface area contributed by atoms with E-state index in [0.717, 1.165) is 16.6 Å². The van der Waals surface area contributed by atoms with Crippen LogP contribution in [0.15, 0.2) is 47.4 Å². The molecule has 4 rings (SSSR count). The number of aliphatic hydroxyl groups excluding tert-OH is 1. The molecule has 0 atom stereocenters. The van der Waals surface area contributed by atoms with Gasteiger partial charge in [0.15, 0.2) is 0 Å². The number of aromatic nitrogens is 4. The number of rotatable bonds is 5. The third-order valence-corrected chi connectivity index (χ3v) is 4.29. The largest absolute Gasteiger partial charge is 0.395 e. The first kappa shape index (κ1) is 16.2. The van der Waals surface area contributed by atoms with Crippen molar-refractivity contribution in [1.82, 2.24) is 24.8 Å². The van der Waals surface area contributed by atoms with E-state index in [1.807, 2.05) is 28.8 Å². The standard InChI is InChI=1S/C18H17N5O3/c1-22(10-12-2-4-14-15(8-12)21-26-20-14)18(25)13-3-5-17-16(9-13)19-11-23(17)6-7-24/h2-5,8-9,11,24H,6-7,10H2,1H3. The summed E-state index contributed by atoms with van der Waals surface area (Å²) in [6, 6.07) is 11.0. The molecule has 26 heavy (non-hydrogen) atoms. The first-order chi connectivity index (χ1) is 12.7. The molecule has 0 saturated heterocycles. The molecule has 4 aromatic rings. The molecule has 1 amide bonds. The molecule has 2 aromatic carbocycles. The number of aliphatic hydroxyl groups is 1. The van der Waals surface area contributed by atoms with Crippen LogP contribution in [0.1, 0.15) is 15.9 Å². The fourth-order valence-electron chi connectivity index (χ4n) is 2.97. The zero-order valence-electron chi connectivity index (χ0n) is 14.2. The average Bonchev–Trinajstić information content (AvgIpc) is 3.27. The summed E-state index contributed by atoms with van der Waals surface area (Å²) in [7, 11) is 1.75. The Balaban J connectivity index is 1.54. The molecule has 0 unspecified atom stereocenters. The number of hydrogen-bond acceptors (Lipinski definition) is 6. The van der Waals surface area contributed by atoms with E-state index in [2.05, 4.69) is 15.3 Å². The molecule has 0 aliphatic carbocycles. The smallest absolute Gasteiger partial charge is 0.253 e. The Morgan fingerprint density at radius 2 is 2.00 bits per heavy atom. The van der Waals surface area contributed by atoms with Gasteiger partial charge in [0.25, 0.3) is 5.91 Å². The van der Waals surface area contributed by atoms with Gasteiger partial charge in [-0.05, 0) is 46.2 Å². The monoisotopic (exact) mass is 351 g/mol. The number of nitrogens with zero attached hydrogens (tertiary/aromatic N) is 5. The number of carbonyl (C=O) groups is 1. The van der Waals surface area contributed by atoms with Crippen molar-refractivity contribution in [1.29, 1.82) is 0 Å². The number of benzene rings is 2. The normalized spacial score (nSPS) is 11.3. The van der Waals surface area contributed by atoms with Crippen LogP contribution >= 0.6 is 0 Å². The van der Waals surface area contributed by atoms with Gasteiger partial charge in [-0.2, -0.15) is 0 Å². The molecule has 0 radical (unpaired) electrons. The van der Waals surface area contributed by atoms with Gasteiger partial charge in [-0.3, -0.25) is 4.79 Å². The van der Waals surface area contributed by atoms with Crippen molar-refractivity contribution in [2.24, 2.45) is 0 Å². The highest BCUT2D eigenvalue weighted by molar-refractivity contribution is 5.97. The van der Waals surface area contributed by atoms with E-state index in [0.29, 0.717) is 29.7 Å². The van der Waals surface area contributed by atoms with Gasteiger partial charge < -0.3 is 14.6 Å². The summed E-state index contributed by atoms with van der Waals surface area (Å²) in [5.41, 5.74) is 4.48. The second-order valence-corrected chi connectivity index (χ2v) is 6.11. The maximum absolute atomic E-state index is 12.7. The SMILES string of the molecule is CN(Cc1ccc2nonc2c1)C(=O)c1ccc2c(c1)ncn2CCO. The Morgan fingerprint density at radius 3 is 2.85 bits per heavy atom. The molecule has 0 fully saturated rings. The van der Waals surface area contributed by atoms with Gasteiger partial charge >= 0.3 is 0 Å². The molecule has 2 heterocycles. The zero-order valence-corrected chi connectivity index (χ0v) is 14.2. The van der Waals surface area contributed by atoms with E-state index in [9.17, 15) is 4.79 Å². The minimum atomic E-state index is -0.0954. The maximum Gasteiger partial charge on any atom is 0.253 e. The molecule has 0 bridgehead atoms. The zero-order chi connectivity index (χ0) is 18.1. The lowest BCUT2D eigenvalue weighted by Gasteiger charge is -2.17. The van der Waals surface area contributed by atoms with E-state index in [1.54, 1.807) is 30.4 Å². The van der Waals surface area contributed by atoms with Crippen LogP contribution in [0.5, 0.6) is 0 Å². The summed E-state index contributed by atoms with van der Waals surface area (Å²) in [4.78, 5) is 18.7. The van der Waals surface area contributed by atoms with E-state index >= 15 is 0 Å². The molecule has 2 aromatic heterocycles. The van der Waals surface area contributed by atoms with Crippen LogP contribution in [0.25, 0.3) is 22.1 Å². The highest BCUT2D eigenvalue weighted by atomic mass is 16.6. The Morgan fingerprint density at radius 1 is 1.15 bits per heavy atom. The van der Waals surface area contributed by atoms with E-state index < -0.39 is 0 Å². The van der Waals surface area contributed by atoms with E-state index in [4.69, 9.17) is 9.74 Å². The third kappa shape index (κ3) is 2.91. The number of carbonyl (C=O) groups excluding carboxylic acids is 1. The lowest BCUT2D eigenvalue weighted by molar-refractivity contribution is 0.0785.